The quantitative estimate of drug-likeness (QED) is 0.819. The Labute approximate surface area is 163 Å². The molecule has 1 atom stereocenters. The number of nitrogens with zero attached hydrogens (tertiary/aromatic N) is 2. The summed E-state index contributed by atoms with van der Waals surface area (Å²) in [5, 5.41) is 3.18. The van der Waals surface area contributed by atoms with Crippen molar-refractivity contribution in [1.29, 1.82) is 0 Å². The van der Waals surface area contributed by atoms with Crippen LogP contribution in [0.5, 0.6) is 5.75 Å². The fourth-order valence-electron chi connectivity index (χ4n) is 3.16. The second-order valence-corrected chi connectivity index (χ2v) is 9.65. The molecule has 2 heterocycles. The molecule has 0 spiro atoms. The molecule has 9 heteroatoms. The van der Waals surface area contributed by atoms with Gasteiger partial charge in [-0.05, 0) is 44.9 Å². The number of nitrogens with one attached hydrogen (secondary N) is 1. The molecule has 2 aromatic rings. The largest absolute Gasteiger partial charge is 0.495 e. The number of thiazole rings is 1. The van der Waals surface area contributed by atoms with Crippen molar-refractivity contribution in [3.63, 3.8) is 0 Å². The zero-order valence-corrected chi connectivity index (χ0v) is 17.2. The number of hydrogen-bond acceptors (Lipinski definition) is 6. The number of amides is 1. The monoisotopic (exact) mass is 409 g/mol. The molecule has 27 heavy (non-hydrogen) atoms. The summed E-state index contributed by atoms with van der Waals surface area (Å²) < 4.78 is 33.2. The Balaban J connectivity index is 1.94. The van der Waals surface area contributed by atoms with Gasteiger partial charge >= 0.3 is 0 Å². The first-order valence-electron chi connectivity index (χ1n) is 8.76. The highest BCUT2D eigenvalue weighted by molar-refractivity contribution is 7.89. The van der Waals surface area contributed by atoms with Crippen molar-refractivity contribution >= 4 is 32.4 Å². The third kappa shape index (κ3) is 4.15. The molecule has 0 unspecified atom stereocenters. The van der Waals surface area contributed by atoms with Gasteiger partial charge < -0.3 is 4.74 Å². The number of piperidine rings is 1. The van der Waals surface area contributed by atoms with Crippen LogP contribution in [0.15, 0.2) is 29.3 Å². The van der Waals surface area contributed by atoms with Crippen LogP contribution < -0.4 is 10.1 Å². The van der Waals surface area contributed by atoms with E-state index in [4.69, 9.17) is 4.74 Å². The van der Waals surface area contributed by atoms with Gasteiger partial charge in [0.1, 0.15) is 10.6 Å². The molecule has 1 fully saturated rings. The van der Waals surface area contributed by atoms with Crippen LogP contribution >= 0.6 is 11.3 Å². The number of ether oxygens (including phenoxy) is 1. The van der Waals surface area contributed by atoms with Crippen molar-refractivity contribution in [3.8, 4) is 5.75 Å². The third-order valence-corrected chi connectivity index (χ3v) is 7.46. The fraction of sp³-hybridized carbons (Fsp3) is 0.444. The van der Waals surface area contributed by atoms with Crippen LogP contribution in [0.1, 0.15) is 41.4 Å². The summed E-state index contributed by atoms with van der Waals surface area (Å²) in [6.45, 7) is 4.27. The summed E-state index contributed by atoms with van der Waals surface area (Å²) in [7, 11) is -2.34. The van der Waals surface area contributed by atoms with E-state index in [0.29, 0.717) is 11.7 Å². The van der Waals surface area contributed by atoms with Crippen molar-refractivity contribution in [2.75, 3.05) is 19.0 Å². The zero-order valence-electron chi connectivity index (χ0n) is 15.6. The van der Waals surface area contributed by atoms with Crippen LogP contribution in [0, 0.1) is 6.92 Å². The van der Waals surface area contributed by atoms with Crippen LogP contribution in [0.3, 0.4) is 0 Å². The van der Waals surface area contributed by atoms with E-state index in [1.54, 1.807) is 12.3 Å². The Kier molecular flexibility index (Phi) is 5.83. The van der Waals surface area contributed by atoms with Gasteiger partial charge in [-0.1, -0.05) is 6.42 Å². The lowest BCUT2D eigenvalue weighted by molar-refractivity contribution is 0.102. The molecule has 0 radical (unpaired) electrons. The van der Waals surface area contributed by atoms with Gasteiger partial charge in [-0.25, -0.2) is 13.4 Å². The fourth-order valence-corrected chi connectivity index (χ4v) is 5.70. The Morgan fingerprint density at radius 2 is 2.15 bits per heavy atom. The number of sulfonamides is 1. The van der Waals surface area contributed by atoms with Gasteiger partial charge in [0.2, 0.25) is 10.0 Å². The van der Waals surface area contributed by atoms with Crippen LogP contribution in [0.4, 0.5) is 5.13 Å². The molecule has 146 valence electrons. The highest BCUT2D eigenvalue weighted by atomic mass is 32.2. The summed E-state index contributed by atoms with van der Waals surface area (Å²) in [5.41, 5.74) is 0.242. The number of rotatable bonds is 5. The maximum Gasteiger partial charge on any atom is 0.257 e. The maximum atomic E-state index is 13.2. The number of aryl methyl sites for hydroxylation is 1. The molecular formula is C18H23N3O4S2. The number of methoxy groups -OCH3 is 1. The molecule has 1 N–H and O–H groups in total. The summed E-state index contributed by atoms with van der Waals surface area (Å²) >= 11 is 1.36. The topological polar surface area (TPSA) is 88.6 Å². The molecule has 1 aliphatic rings. The van der Waals surface area contributed by atoms with E-state index in [2.05, 4.69) is 10.3 Å². The van der Waals surface area contributed by atoms with Gasteiger partial charge in [0.05, 0.1) is 7.11 Å². The summed E-state index contributed by atoms with van der Waals surface area (Å²) in [4.78, 5) is 17.6. The van der Waals surface area contributed by atoms with Gasteiger partial charge in [0.15, 0.2) is 5.13 Å². The molecule has 0 aliphatic carbocycles. The Morgan fingerprint density at radius 1 is 1.37 bits per heavy atom. The first-order chi connectivity index (χ1) is 12.8. The lowest BCUT2D eigenvalue weighted by Crippen LogP contribution is -2.42. The molecular weight excluding hydrogens is 386 g/mol. The van der Waals surface area contributed by atoms with Crippen molar-refractivity contribution in [1.82, 2.24) is 9.29 Å². The van der Waals surface area contributed by atoms with Crippen LogP contribution in [0.25, 0.3) is 0 Å². The average Bonchev–Trinajstić information content (AvgIpc) is 3.06. The van der Waals surface area contributed by atoms with Crippen molar-refractivity contribution < 1.29 is 17.9 Å². The van der Waals surface area contributed by atoms with Crippen LogP contribution in [0.2, 0.25) is 0 Å². The van der Waals surface area contributed by atoms with E-state index in [9.17, 15) is 13.2 Å². The third-order valence-electron chi connectivity index (χ3n) is 4.60. The van der Waals surface area contributed by atoms with E-state index < -0.39 is 15.9 Å². The SMILES string of the molecule is COc1ccc(C(=O)Nc2ncc(C)s2)cc1S(=O)(=O)N1CCCC[C@H]1C. The average molecular weight is 410 g/mol. The van der Waals surface area contributed by atoms with Gasteiger partial charge in [0.25, 0.3) is 5.91 Å². The molecule has 1 aromatic heterocycles. The lowest BCUT2D eigenvalue weighted by atomic mass is 10.1. The van der Waals surface area contributed by atoms with E-state index in [0.717, 1.165) is 24.1 Å². The zero-order chi connectivity index (χ0) is 19.6. The summed E-state index contributed by atoms with van der Waals surface area (Å²) in [6, 6.07) is 4.37. The normalized spacial score (nSPS) is 18.3. The van der Waals surface area contributed by atoms with Gasteiger partial charge in [0, 0.05) is 29.2 Å². The van der Waals surface area contributed by atoms with Gasteiger partial charge in [-0.3, -0.25) is 10.1 Å². The standard InChI is InChI=1S/C18H23N3O4S2/c1-12-6-4-5-9-21(12)27(23,24)16-10-14(7-8-15(16)25-3)17(22)20-18-19-11-13(2)26-18/h7-8,10-12H,4-6,9H2,1-3H3,(H,19,20,22)/t12-/m1/s1. The second kappa shape index (κ2) is 7.95. The minimum Gasteiger partial charge on any atom is -0.495 e. The number of hydrogen-bond donors (Lipinski definition) is 1. The van der Waals surface area contributed by atoms with E-state index >= 15 is 0 Å². The van der Waals surface area contributed by atoms with E-state index in [-0.39, 0.29) is 22.3 Å². The van der Waals surface area contributed by atoms with Gasteiger partial charge in [-0.15, -0.1) is 11.3 Å². The molecule has 3 rings (SSSR count). The number of anilines is 1. The van der Waals surface area contributed by atoms with Crippen LogP contribution in [-0.2, 0) is 10.0 Å². The second-order valence-electron chi connectivity index (χ2n) is 6.56. The van der Waals surface area contributed by atoms with Gasteiger partial charge in [-0.2, -0.15) is 4.31 Å². The highest BCUT2D eigenvalue weighted by Gasteiger charge is 2.33. The molecule has 7 nitrogen and oxygen atoms in total. The Hall–Kier alpha value is -1.97. The first kappa shape index (κ1) is 19.8. The van der Waals surface area contributed by atoms with E-state index in [1.807, 2.05) is 13.8 Å². The minimum absolute atomic E-state index is 0.0155. The smallest absolute Gasteiger partial charge is 0.257 e. The Bertz CT molecular complexity index is 940. The number of carbonyl (C=O) groups excluding carboxylic acids is 1. The molecule has 0 bridgehead atoms. The molecule has 1 aliphatic heterocycles. The minimum atomic E-state index is -3.76. The lowest BCUT2D eigenvalue weighted by Gasteiger charge is -2.32. The highest BCUT2D eigenvalue weighted by Crippen LogP contribution is 2.32. The number of carbonyl (C=O) groups is 1. The predicted molar refractivity (Wildman–Crippen MR) is 105 cm³/mol. The van der Waals surface area contributed by atoms with Crippen molar-refractivity contribution in [3.05, 3.63) is 34.8 Å². The summed E-state index contributed by atoms with van der Waals surface area (Å²) in [6.07, 6.45) is 4.34. The predicted octanol–water partition coefficient (Wildman–Crippen LogP) is 3.28. The number of benzene rings is 1. The van der Waals surface area contributed by atoms with Crippen molar-refractivity contribution in [2.24, 2.45) is 0 Å². The Morgan fingerprint density at radius 3 is 2.78 bits per heavy atom. The first-order valence-corrected chi connectivity index (χ1v) is 11.0. The molecule has 1 saturated heterocycles. The molecule has 1 aromatic carbocycles. The summed E-state index contributed by atoms with van der Waals surface area (Å²) in [5.74, 6) is -0.176. The van der Waals surface area contributed by atoms with E-state index in [1.165, 1.54) is 34.9 Å². The van der Waals surface area contributed by atoms with Crippen molar-refractivity contribution in [2.45, 2.75) is 44.0 Å². The molecule has 0 saturated carbocycles. The maximum absolute atomic E-state index is 13.2. The molecule has 1 amide bonds. The van der Waals surface area contributed by atoms with Crippen LogP contribution in [-0.4, -0.2) is 43.3 Å². The number of aromatic nitrogens is 1.